The minimum atomic E-state index is -0.0109. The zero-order chi connectivity index (χ0) is 21.1. The molecule has 2 aromatic heterocycles. The van der Waals surface area contributed by atoms with E-state index < -0.39 is 0 Å². The number of fused-ring (bicyclic) bond motifs is 1. The van der Waals surface area contributed by atoms with Crippen LogP contribution in [0.4, 0.5) is 17.2 Å². The third-order valence-electron chi connectivity index (χ3n) is 4.83. The number of hydrogen-bond acceptors (Lipinski definition) is 6. The molecular formula is C23H22N4O2S. The van der Waals surface area contributed by atoms with Gasteiger partial charge >= 0.3 is 0 Å². The smallest absolute Gasteiger partial charge is 0.223 e. The Bertz CT molecular complexity index is 1170. The van der Waals surface area contributed by atoms with Crippen molar-refractivity contribution in [1.29, 1.82) is 0 Å². The largest absolute Gasteiger partial charge is 0.377 e. The van der Waals surface area contributed by atoms with E-state index in [2.05, 4.69) is 27.8 Å². The van der Waals surface area contributed by atoms with E-state index in [1.54, 1.807) is 37.3 Å². The zero-order valence-corrected chi connectivity index (χ0v) is 17.9. The van der Waals surface area contributed by atoms with E-state index >= 15 is 0 Å². The van der Waals surface area contributed by atoms with Gasteiger partial charge in [0.15, 0.2) is 5.82 Å². The molecule has 0 spiro atoms. The molecule has 7 heteroatoms. The van der Waals surface area contributed by atoms with Crippen LogP contribution in [-0.2, 0) is 16.1 Å². The number of nitrogens with zero attached hydrogens (tertiary/aromatic N) is 3. The molecule has 0 aliphatic heterocycles. The molecule has 0 unspecified atom stereocenters. The molecule has 0 saturated carbocycles. The van der Waals surface area contributed by atoms with Crippen LogP contribution in [0, 0.1) is 0 Å². The summed E-state index contributed by atoms with van der Waals surface area (Å²) in [5.41, 5.74) is 3.93. The van der Waals surface area contributed by atoms with Crippen LogP contribution in [0.2, 0.25) is 0 Å². The Hall–Kier alpha value is -3.29. The number of nitrogens with one attached hydrogen (secondary N) is 1. The Morgan fingerprint density at radius 3 is 2.50 bits per heavy atom. The second kappa shape index (κ2) is 8.61. The van der Waals surface area contributed by atoms with Gasteiger partial charge in [-0.3, -0.25) is 4.79 Å². The molecule has 30 heavy (non-hydrogen) atoms. The average Bonchev–Trinajstić information content (AvgIpc) is 3.19. The summed E-state index contributed by atoms with van der Waals surface area (Å²) >= 11 is 1.59. The molecule has 1 N–H and O–H groups in total. The normalized spacial score (nSPS) is 10.9. The highest BCUT2D eigenvalue weighted by atomic mass is 32.1. The molecule has 4 rings (SSSR count). The predicted molar refractivity (Wildman–Crippen MR) is 122 cm³/mol. The van der Waals surface area contributed by atoms with E-state index in [4.69, 9.17) is 9.72 Å². The minimum absolute atomic E-state index is 0.0109. The number of anilines is 3. The number of aromatic nitrogens is 2. The van der Waals surface area contributed by atoms with Crippen molar-refractivity contribution in [2.24, 2.45) is 0 Å². The third-order valence-corrected chi connectivity index (χ3v) is 5.70. The first kappa shape index (κ1) is 20.0. The fourth-order valence-electron chi connectivity index (χ4n) is 3.19. The van der Waals surface area contributed by atoms with Crippen molar-refractivity contribution in [2.75, 3.05) is 24.4 Å². The molecule has 0 bridgehead atoms. The van der Waals surface area contributed by atoms with Crippen molar-refractivity contribution in [3.05, 3.63) is 65.8 Å². The number of ether oxygens (including phenoxy) is 1. The molecule has 2 heterocycles. The molecule has 0 saturated heterocycles. The topological polar surface area (TPSA) is 67.3 Å². The molecule has 152 valence electrons. The van der Waals surface area contributed by atoms with Gasteiger partial charge in [0.2, 0.25) is 5.91 Å². The molecule has 0 aliphatic rings. The highest BCUT2D eigenvalue weighted by Crippen LogP contribution is 2.38. The van der Waals surface area contributed by atoms with Crippen LogP contribution in [0.1, 0.15) is 12.7 Å². The van der Waals surface area contributed by atoms with E-state index in [-0.39, 0.29) is 5.91 Å². The van der Waals surface area contributed by atoms with E-state index in [0.717, 1.165) is 38.5 Å². The maximum absolute atomic E-state index is 11.6. The first-order valence-electron chi connectivity index (χ1n) is 9.50. The number of amides is 1. The Morgan fingerprint density at radius 1 is 1.10 bits per heavy atom. The van der Waals surface area contributed by atoms with Gasteiger partial charge in [0.1, 0.15) is 17.3 Å². The lowest BCUT2D eigenvalue weighted by molar-refractivity contribution is -0.116. The van der Waals surface area contributed by atoms with Gasteiger partial charge in [-0.05, 0) is 29.8 Å². The highest BCUT2D eigenvalue weighted by Gasteiger charge is 2.16. The summed E-state index contributed by atoms with van der Waals surface area (Å²) in [6.07, 6.45) is 0. The number of benzene rings is 2. The van der Waals surface area contributed by atoms with Gasteiger partial charge in [-0.1, -0.05) is 30.3 Å². The quantitative estimate of drug-likeness (QED) is 0.464. The molecule has 0 aliphatic carbocycles. The molecular weight excluding hydrogens is 396 g/mol. The molecule has 2 aromatic carbocycles. The molecule has 0 radical (unpaired) electrons. The summed E-state index contributed by atoms with van der Waals surface area (Å²) in [7, 11) is 3.39. The van der Waals surface area contributed by atoms with Gasteiger partial charge in [0.25, 0.3) is 0 Å². The molecule has 4 aromatic rings. The van der Waals surface area contributed by atoms with Crippen molar-refractivity contribution in [3.8, 4) is 11.1 Å². The number of rotatable bonds is 6. The summed E-state index contributed by atoms with van der Waals surface area (Å²) in [6.45, 7) is 1.88. The number of methoxy groups -OCH3 is 1. The van der Waals surface area contributed by atoms with Crippen LogP contribution < -0.4 is 10.2 Å². The standard InChI is InChI=1S/C23H22N4O2S/c1-15(28)27(2)18-11-9-17(10-12-18)24-22-21-19(16-7-5-4-6-8-16)14-30-23(21)26-20(25-22)13-29-3/h4-12,14H,13H2,1-3H3,(H,24,25,26). The minimum Gasteiger partial charge on any atom is -0.377 e. The monoisotopic (exact) mass is 418 g/mol. The number of thiophene rings is 1. The zero-order valence-electron chi connectivity index (χ0n) is 17.0. The Labute approximate surface area is 179 Å². The van der Waals surface area contributed by atoms with E-state index in [9.17, 15) is 4.79 Å². The van der Waals surface area contributed by atoms with Crippen molar-refractivity contribution < 1.29 is 9.53 Å². The summed E-state index contributed by atoms with van der Waals surface area (Å²) in [5, 5.41) is 6.53. The van der Waals surface area contributed by atoms with Crippen molar-refractivity contribution in [3.63, 3.8) is 0 Å². The Morgan fingerprint density at radius 2 is 1.83 bits per heavy atom. The second-order valence-corrected chi connectivity index (χ2v) is 7.73. The lowest BCUT2D eigenvalue weighted by Crippen LogP contribution is -2.22. The Balaban J connectivity index is 1.76. The van der Waals surface area contributed by atoms with Crippen molar-refractivity contribution >= 4 is 44.7 Å². The summed E-state index contributed by atoms with van der Waals surface area (Å²) < 4.78 is 5.25. The van der Waals surface area contributed by atoms with Gasteiger partial charge in [-0.25, -0.2) is 9.97 Å². The van der Waals surface area contributed by atoms with Crippen LogP contribution >= 0.6 is 11.3 Å². The summed E-state index contributed by atoms with van der Waals surface area (Å²) in [6, 6.07) is 17.9. The van der Waals surface area contributed by atoms with Crippen LogP contribution in [0.5, 0.6) is 0 Å². The maximum atomic E-state index is 11.6. The van der Waals surface area contributed by atoms with Crippen molar-refractivity contribution in [2.45, 2.75) is 13.5 Å². The fourth-order valence-corrected chi connectivity index (χ4v) is 4.15. The first-order valence-corrected chi connectivity index (χ1v) is 10.4. The maximum Gasteiger partial charge on any atom is 0.223 e. The summed E-state index contributed by atoms with van der Waals surface area (Å²) in [4.78, 5) is 23.5. The van der Waals surface area contributed by atoms with Gasteiger partial charge in [-0.15, -0.1) is 11.3 Å². The third kappa shape index (κ3) is 4.03. The number of hydrogen-bond donors (Lipinski definition) is 1. The van der Waals surface area contributed by atoms with Crippen LogP contribution in [-0.4, -0.2) is 30.0 Å². The predicted octanol–water partition coefficient (Wildman–Crippen LogP) is 5.23. The lowest BCUT2D eigenvalue weighted by Gasteiger charge is -2.16. The number of carbonyl (C=O) groups is 1. The van der Waals surface area contributed by atoms with Crippen LogP contribution in [0.15, 0.2) is 60.0 Å². The lowest BCUT2D eigenvalue weighted by atomic mass is 10.1. The van der Waals surface area contributed by atoms with Gasteiger partial charge < -0.3 is 15.0 Å². The molecule has 0 atom stereocenters. The second-order valence-electron chi connectivity index (χ2n) is 6.87. The van der Waals surface area contributed by atoms with Crippen LogP contribution in [0.3, 0.4) is 0 Å². The summed E-state index contributed by atoms with van der Waals surface area (Å²) in [5.74, 6) is 1.35. The fraction of sp³-hybridized carbons (Fsp3) is 0.174. The molecule has 1 amide bonds. The molecule has 0 fully saturated rings. The first-order chi connectivity index (χ1) is 14.6. The van der Waals surface area contributed by atoms with Crippen LogP contribution in [0.25, 0.3) is 21.3 Å². The van der Waals surface area contributed by atoms with Gasteiger partial charge in [-0.2, -0.15) is 0 Å². The highest BCUT2D eigenvalue weighted by molar-refractivity contribution is 7.17. The SMILES string of the molecule is COCc1nc(Nc2ccc(N(C)C(C)=O)cc2)c2c(-c3ccccc3)csc2n1. The average molecular weight is 419 g/mol. The van der Waals surface area contributed by atoms with Gasteiger partial charge in [0.05, 0.1) is 5.39 Å². The van der Waals surface area contributed by atoms with Crippen molar-refractivity contribution in [1.82, 2.24) is 9.97 Å². The van der Waals surface area contributed by atoms with Gasteiger partial charge in [0, 0.05) is 43.4 Å². The van der Waals surface area contributed by atoms with E-state index in [0.29, 0.717) is 12.4 Å². The molecule has 6 nitrogen and oxygen atoms in total. The number of carbonyl (C=O) groups excluding carboxylic acids is 1. The van der Waals surface area contributed by atoms with E-state index in [1.165, 1.54) is 0 Å². The Kier molecular flexibility index (Phi) is 5.74. The van der Waals surface area contributed by atoms with E-state index in [1.807, 2.05) is 42.5 Å².